The molecule has 0 aromatic rings. The third kappa shape index (κ3) is 5.11. The Morgan fingerprint density at radius 2 is 1.74 bits per heavy atom. The zero-order chi connectivity index (χ0) is 14.9. The van der Waals surface area contributed by atoms with Crippen LogP contribution in [0.2, 0.25) is 0 Å². The normalized spacial score (nSPS) is 12.4. The molecule has 0 bridgehead atoms. The highest BCUT2D eigenvalue weighted by molar-refractivity contribution is 5.74. The Morgan fingerprint density at radius 1 is 1.21 bits per heavy atom. The van der Waals surface area contributed by atoms with Crippen molar-refractivity contribution in [2.45, 2.75) is 59.4 Å². The summed E-state index contributed by atoms with van der Waals surface area (Å²) in [5.74, 6) is -0.675. The second-order valence-corrected chi connectivity index (χ2v) is 5.23. The molecule has 0 aliphatic heterocycles. The highest BCUT2D eigenvalue weighted by Gasteiger charge is 2.37. The molecule has 0 saturated heterocycles. The number of hydrogen-bond acceptors (Lipinski definition) is 3. The van der Waals surface area contributed by atoms with E-state index in [0.717, 1.165) is 19.4 Å². The van der Waals surface area contributed by atoms with Gasteiger partial charge in [0, 0.05) is 26.2 Å². The van der Waals surface area contributed by atoms with Gasteiger partial charge in [0.2, 0.25) is 0 Å². The van der Waals surface area contributed by atoms with Gasteiger partial charge in [0.05, 0.1) is 12.0 Å². The number of carbonyl (C=O) groups is 1. The predicted octanol–water partition coefficient (Wildman–Crippen LogP) is 3.01. The fourth-order valence-corrected chi connectivity index (χ4v) is 2.64. The highest BCUT2D eigenvalue weighted by Crippen LogP contribution is 2.29. The molecule has 0 heterocycles. The zero-order valence-corrected chi connectivity index (χ0v) is 13.2. The molecule has 0 aromatic carbocycles. The van der Waals surface area contributed by atoms with E-state index in [4.69, 9.17) is 4.74 Å². The maximum atomic E-state index is 11.6. The van der Waals surface area contributed by atoms with E-state index in [1.54, 1.807) is 7.11 Å². The van der Waals surface area contributed by atoms with Crippen molar-refractivity contribution in [1.82, 2.24) is 4.90 Å². The molecular formula is C15H31NO3. The minimum atomic E-state index is -0.675. The van der Waals surface area contributed by atoms with E-state index in [1.807, 2.05) is 13.8 Å². The number of nitrogens with zero attached hydrogens (tertiary/aromatic N) is 1. The van der Waals surface area contributed by atoms with Crippen molar-refractivity contribution in [3.63, 3.8) is 0 Å². The van der Waals surface area contributed by atoms with Gasteiger partial charge in [0.15, 0.2) is 0 Å². The summed E-state index contributed by atoms with van der Waals surface area (Å²) in [5.41, 5.74) is -0.629. The van der Waals surface area contributed by atoms with E-state index in [-0.39, 0.29) is 0 Å². The molecule has 19 heavy (non-hydrogen) atoms. The molecule has 1 N–H and O–H groups in total. The third-order valence-corrected chi connectivity index (χ3v) is 4.35. The van der Waals surface area contributed by atoms with Crippen LogP contribution in [-0.4, -0.2) is 48.8 Å². The first-order chi connectivity index (χ1) is 9.01. The van der Waals surface area contributed by atoms with Crippen LogP contribution < -0.4 is 0 Å². The van der Waals surface area contributed by atoms with Gasteiger partial charge in [-0.05, 0) is 25.7 Å². The number of carboxylic acids is 1. The third-order valence-electron chi connectivity index (χ3n) is 4.35. The zero-order valence-electron chi connectivity index (χ0n) is 13.2. The first-order valence-corrected chi connectivity index (χ1v) is 7.47. The molecule has 0 aromatic heterocycles. The fourth-order valence-electron chi connectivity index (χ4n) is 2.64. The van der Waals surface area contributed by atoms with Gasteiger partial charge in [-0.3, -0.25) is 9.69 Å². The summed E-state index contributed by atoms with van der Waals surface area (Å²) < 4.78 is 5.16. The SMILES string of the molecule is CCC(CC)N(CCOC)CC(CC)(CC)C(=O)O. The Kier molecular flexibility index (Phi) is 9.02. The largest absolute Gasteiger partial charge is 0.481 e. The van der Waals surface area contributed by atoms with Gasteiger partial charge >= 0.3 is 5.97 Å². The van der Waals surface area contributed by atoms with Crippen LogP contribution in [0.5, 0.6) is 0 Å². The quantitative estimate of drug-likeness (QED) is 0.628. The molecule has 0 fully saturated rings. The van der Waals surface area contributed by atoms with Crippen LogP contribution in [0.15, 0.2) is 0 Å². The molecule has 0 unspecified atom stereocenters. The molecule has 0 amide bonds. The summed E-state index contributed by atoms with van der Waals surface area (Å²) in [7, 11) is 1.69. The Labute approximate surface area is 118 Å². The molecule has 0 radical (unpaired) electrons. The molecule has 0 aliphatic rings. The number of aliphatic carboxylic acids is 1. The van der Waals surface area contributed by atoms with E-state index >= 15 is 0 Å². The van der Waals surface area contributed by atoms with Gasteiger partial charge in [-0.15, -0.1) is 0 Å². The van der Waals surface area contributed by atoms with Crippen LogP contribution in [0.1, 0.15) is 53.4 Å². The van der Waals surface area contributed by atoms with Gasteiger partial charge in [0.1, 0.15) is 0 Å². The topological polar surface area (TPSA) is 49.8 Å². The van der Waals surface area contributed by atoms with Crippen LogP contribution in [-0.2, 0) is 9.53 Å². The standard InChI is InChI=1S/C15H31NO3/c1-6-13(7-2)16(10-11-19-5)12-15(8-3,9-4)14(17)18/h13H,6-12H2,1-5H3,(H,17,18). The summed E-state index contributed by atoms with van der Waals surface area (Å²) in [6.07, 6.45) is 3.43. The predicted molar refractivity (Wildman–Crippen MR) is 78.5 cm³/mol. The molecule has 0 atom stereocenters. The molecule has 114 valence electrons. The second kappa shape index (κ2) is 9.32. The van der Waals surface area contributed by atoms with E-state index in [1.165, 1.54) is 0 Å². The summed E-state index contributed by atoms with van der Waals surface area (Å²) in [5, 5.41) is 9.57. The van der Waals surface area contributed by atoms with E-state index in [2.05, 4.69) is 18.7 Å². The number of carboxylic acid groups (broad SMARTS) is 1. The second-order valence-electron chi connectivity index (χ2n) is 5.23. The number of methoxy groups -OCH3 is 1. The molecule has 0 aliphatic carbocycles. The van der Waals surface area contributed by atoms with Crippen LogP contribution in [0.3, 0.4) is 0 Å². The molecular weight excluding hydrogens is 242 g/mol. The van der Waals surface area contributed by atoms with Gasteiger partial charge < -0.3 is 9.84 Å². The fraction of sp³-hybridized carbons (Fsp3) is 0.933. The van der Waals surface area contributed by atoms with Gasteiger partial charge in [-0.2, -0.15) is 0 Å². The van der Waals surface area contributed by atoms with Crippen LogP contribution in [0, 0.1) is 5.41 Å². The van der Waals surface area contributed by atoms with Gasteiger partial charge in [0.25, 0.3) is 0 Å². The van der Waals surface area contributed by atoms with Crippen LogP contribution in [0.25, 0.3) is 0 Å². The summed E-state index contributed by atoms with van der Waals surface area (Å²) in [6, 6.07) is 0.437. The average molecular weight is 273 g/mol. The van der Waals surface area contributed by atoms with Crippen molar-refractivity contribution in [3.05, 3.63) is 0 Å². The summed E-state index contributed by atoms with van der Waals surface area (Å²) >= 11 is 0. The number of hydrogen-bond donors (Lipinski definition) is 1. The van der Waals surface area contributed by atoms with Crippen molar-refractivity contribution >= 4 is 5.97 Å². The maximum absolute atomic E-state index is 11.6. The maximum Gasteiger partial charge on any atom is 0.310 e. The van der Waals surface area contributed by atoms with Crippen molar-refractivity contribution in [2.75, 3.05) is 26.8 Å². The molecule has 4 heteroatoms. The minimum Gasteiger partial charge on any atom is -0.481 e. The van der Waals surface area contributed by atoms with Gasteiger partial charge in [-0.25, -0.2) is 0 Å². The molecule has 4 nitrogen and oxygen atoms in total. The smallest absolute Gasteiger partial charge is 0.310 e. The first kappa shape index (κ1) is 18.4. The lowest BCUT2D eigenvalue weighted by Crippen LogP contribution is -2.47. The first-order valence-electron chi connectivity index (χ1n) is 7.47. The van der Waals surface area contributed by atoms with Gasteiger partial charge in [-0.1, -0.05) is 27.7 Å². The van der Waals surface area contributed by atoms with Crippen LogP contribution in [0.4, 0.5) is 0 Å². The van der Waals surface area contributed by atoms with E-state index in [9.17, 15) is 9.90 Å². The lowest BCUT2D eigenvalue weighted by Gasteiger charge is -2.38. The lowest BCUT2D eigenvalue weighted by atomic mass is 9.81. The van der Waals surface area contributed by atoms with Crippen molar-refractivity contribution in [3.8, 4) is 0 Å². The van der Waals surface area contributed by atoms with Crippen molar-refractivity contribution in [2.24, 2.45) is 5.41 Å². The Hall–Kier alpha value is -0.610. The average Bonchev–Trinajstić information content (AvgIpc) is 2.42. The molecule has 0 saturated carbocycles. The molecule has 0 spiro atoms. The minimum absolute atomic E-state index is 0.437. The number of rotatable bonds is 11. The Bertz CT molecular complexity index is 248. The molecule has 0 rings (SSSR count). The van der Waals surface area contributed by atoms with Crippen LogP contribution >= 0.6 is 0 Å². The monoisotopic (exact) mass is 273 g/mol. The summed E-state index contributed by atoms with van der Waals surface area (Å²) in [6.45, 7) is 10.3. The van der Waals surface area contributed by atoms with E-state index < -0.39 is 11.4 Å². The Morgan fingerprint density at radius 3 is 2.05 bits per heavy atom. The highest BCUT2D eigenvalue weighted by atomic mass is 16.5. The van der Waals surface area contributed by atoms with E-state index in [0.29, 0.717) is 32.0 Å². The van der Waals surface area contributed by atoms with Crippen molar-refractivity contribution in [1.29, 1.82) is 0 Å². The Balaban J connectivity index is 4.98. The lowest BCUT2D eigenvalue weighted by molar-refractivity contribution is -0.151. The summed E-state index contributed by atoms with van der Waals surface area (Å²) in [4.78, 5) is 13.9. The number of ether oxygens (including phenoxy) is 1. The van der Waals surface area contributed by atoms with Crippen molar-refractivity contribution < 1.29 is 14.6 Å².